The molecule has 2 fully saturated rings. The van der Waals surface area contributed by atoms with E-state index in [-0.39, 0.29) is 23.9 Å². The van der Waals surface area contributed by atoms with Crippen molar-refractivity contribution in [3.8, 4) is 0 Å². The predicted octanol–water partition coefficient (Wildman–Crippen LogP) is 1.98. The number of urea groups is 1. The molecule has 24 heavy (non-hydrogen) atoms. The Morgan fingerprint density at radius 1 is 1.04 bits per heavy atom. The van der Waals surface area contributed by atoms with Crippen molar-refractivity contribution in [3.63, 3.8) is 0 Å². The molecule has 0 spiro atoms. The standard InChI is InChI=1S/C18H34N4O2/c1-3-13(2)16(19)17(23)22-11-9-15(10-12-22)21-18(24)20-14-7-5-4-6-8-14/h13-16H,3-12,19H2,1-2H3,(H2,20,21,24). The van der Waals surface area contributed by atoms with Crippen LogP contribution in [0.4, 0.5) is 4.79 Å². The highest BCUT2D eigenvalue weighted by Gasteiger charge is 2.29. The van der Waals surface area contributed by atoms with Crippen LogP contribution in [0, 0.1) is 5.92 Å². The van der Waals surface area contributed by atoms with Crippen LogP contribution < -0.4 is 16.4 Å². The molecule has 1 heterocycles. The summed E-state index contributed by atoms with van der Waals surface area (Å²) >= 11 is 0. The summed E-state index contributed by atoms with van der Waals surface area (Å²) in [5.41, 5.74) is 6.05. The van der Waals surface area contributed by atoms with E-state index in [4.69, 9.17) is 5.73 Å². The highest BCUT2D eigenvalue weighted by atomic mass is 16.2. The number of carbonyl (C=O) groups excluding carboxylic acids is 2. The Morgan fingerprint density at radius 2 is 1.58 bits per heavy atom. The fraction of sp³-hybridized carbons (Fsp3) is 0.889. The summed E-state index contributed by atoms with van der Waals surface area (Å²) in [4.78, 5) is 26.4. The molecule has 2 unspecified atom stereocenters. The number of amides is 3. The molecule has 6 nitrogen and oxygen atoms in total. The van der Waals surface area contributed by atoms with E-state index in [0.717, 1.165) is 32.1 Å². The first-order chi connectivity index (χ1) is 11.5. The van der Waals surface area contributed by atoms with E-state index in [1.54, 1.807) is 0 Å². The number of nitrogens with one attached hydrogen (secondary N) is 2. The molecular formula is C18H34N4O2. The summed E-state index contributed by atoms with van der Waals surface area (Å²) in [6.45, 7) is 5.43. The number of likely N-dealkylation sites (tertiary alicyclic amines) is 1. The molecular weight excluding hydrogens is 304 g/mol. The third kappa shape index (κ3) is 5.36. The Kier molecular flexibility index (Phi) is 7.34. The fourth-order valence-electron chi connectivity index (χ4n) is 3.61. The number of nitrogens with zero attached hydrogens (tertiary/aromatic N) is 1. The van der Waals surface area contributed by atoms with Gasteiger partial charge in [-0.2, -0.15) is 0 Å². The van der Waals surface area contributed by atoms with Crippen molar-refractivity contribution in [2.75, 3.05) is 13.1 Å². The zero-order valence-corrected chi connectivity index (χ0v) is 15.2. The van der Waals surface area contributed by atoms with E-state index >= 15 is 0 Å². The largest absolute Gasteiger partial charge is 0.341 e. The van der Waals surface area contributed by atoms with Crippen LogP contribution in [0.3, 0.4) is 0 Å². The van der Waals surface area contributed by atoms with Gasteiger partial charge in [-0.3, -0.25) is 4.79 Å². The highest BCUT2D eigenvalue weighted by molar-refractivity contribution is 5.82. The van der Waals surface area contributed by atoms with Gasteiger partial charge in [-0.25, -0.2) is 4.79 Å². The number of rotatable bonds is 5. The van der Waals surface area contributed by atoms with Gasteiger partial charge < -0.3 is 21.3 Å². The van der Waals surface area contributed by atoms with Crippen LogP contribution in [-0.4, -0.2) is 48.1 Å². The molecule has 0 aromatic carbocycles. The first kappa shape index (κ1) is 19.0. The normalized spacial score (nSPS) is 22.7. The van der Waals surface area contributed by atoms with E-state index in [1.165, 1.54) is 19.3 Å². The number of piperidine rings is 1. The van der Waals surface area contributed by atoms with Crippen molar-refractivity contribution < 1.29 is 9.59 Å². The molecule has 1 saturated heterocycles. The summed E-state index contributed by atoms with van der Waals surface area (Å²) in [5, 5.41) is 6.16. The highest BCUT2D eigenvalue weighted by Crippen LogP contribution is 2.18. The van der Waals surface area contributed by atoms with Gasteiger partial charge in [0.05, 0.1) is 6.04 Å². The third-order valence-electron chi connectivity index (χ3n) is 5.62. The van der Waals surface area contributed by atoms with Crippen molar-refractivity contribution in [3.05, 3.63) is 0 Å². The molecule has 4 N–H and O–H groups in total. The van der Waals surface area contributed by atoms with E-state index in [9.17, 15) is 9.59 Å². The molecule has 1 saturated carbocycles. The van der Waals surface area contributed by atoms with Crippen molar-refractivity contribution in [2.24, 2.45) is 11.7 Å². The Bertz CT molecular complexity index is 415. The van der Waals surface area contributed by atoms with Gasteiger partial charge in [0.2, 0.25) is 5.91 Å². The van der Waals surface area contributed by atoms with Gasteiger partial charge in [0, 0.05) is 25.2 Å². The smallest absolute Gasteiger partial charge is 0.315 e. The minimum Gasteiger partial charge on any atom is -0.341 e. The lowest BCUT2D eigenvalue weighted by atomic mass is 9.95. The summed E-state index contributed by atoms with van der Waals surface area (Å²) in [7, 11) is 0. The first-order valence-electron chi connectivity index (χ1n) is 9.62. The van der Waals surface area contributed by atoms with Gasteiger partial charge >= 0.3 is 6.03 Å². The van der Waals surface area contributed by atoms with Crippen LogP contribution in [0.15, 0.2) is 0 Å². The number of hydrogen-bond donors (Lipinski definition) is 3. The second-order valence-corrected chi connectivity index (χ2v) is 7.46. The summed E-state index contributed by atoms with van der Waals surface area (Å²) in [6, 6.07) is 0.0171. The van der Waals surface area contributed by atoms with Crippen LogP contribution in [0.25, 0.3) is 0 Å². The van der Waals surface area contributed by atoms with Crippen LogP contribution in [0.2, 0.25) is 0 Å². The van der Waals surface area contributed by atoms with E-state index in [0.29, 0.717) is 19.1 Å². The van der Waals surface area contributed by atoms with Gasteiger partial charge in [-0.1, -0.05) is 39.5 Å². The Morgan fingerprint density at radius 3 is 2.12 bits per heavy atom. The first-order valence-corrected chi connectivity index (χ1v) is 9.62. The van der Waals surface area contributed by atoms with Gasteiger partial charge in [0.15, 0.2) is 0 Å². The molecule has 1 aliphatic heterocycles. The van der Waals surface area contributed by atoms with Crippen molar-refractivity contribution in [2.45, 2.75) is 83.3 Å². The maximum Gasteiger partial charge on any atom is 0.315 e. The second kappa shape index (κ2) is 9.25. The van der Waals surface area contributed by atoms with Crippen molar-refractivity contribution >= 4 is 11.9 Å². The molecule has 138 valence electrons. The topological polar surface area (TPSA) is 87.5 Å². The maximum absolute atomic E-state index is 12.4. The quantitative estimate of drug-likeness (QED) is 0.716. The minimum absolute atomic E-state index is 0.0504. The third-order valence-corrected chi connectivity index (χ3v) is 5.62. The number of carbonyl (C=O) groups is 2. The van der Waals surface area contributed by atoms with Gasteiger partial charge in [0.25, 0.3) is 0 Å². The van der Waals surface area contributed by atoms with Crippen LogP contribution in [0.1, 0.15) is 65.2 Å². The van der Waals surface area contributed by atoms with E-state index in [1.807, 2.05) is 11.8 Å². The van der Waals surface area contributed by atoms with Crippen molar-refractivity contribution in [1.82, 2.24) is 15.5 Å². The molecule has 6 heteroatoms. The average molecular weight is 338 g/mol. The molecule has 3 amide bonds. The molecule has 1 aliphatic carbocycles. The molecule has 2 rings (SSSR count). The second-order valence-electron chi connectivity index (χ2n) is 7.46. The summed E-state index contributed by atoms with van der Waals surface area (Å²) in [6.07, 6.45) is 8.40. The lowest BCUT2D eigenvalue weighted by Crippen LogP contribution is -2.54. The molecule has 0 bridgehead atoms. The average Bonchev–Trinajstić information content (AvgIpc) is 2.61. The van der Waals surface area contributed by atoms with E-state index in [2.05, 4.69) is 17.6 Å². The zero-order valence-electron chi connectivity index (χ0n) is 15.2. The Balaban J connectivity index is 1.70. The SMILES string of the molecule is CCC(C)C(N)C(=O)N1CCC(NC(=O)NC2CCCCC2)CC1. The Hall–Kier alpha value is -1.30. The van der Waals surface area contributed by atoms with Gasteiger partial charge in [0.1, 0.15) is 0 Å². The Labute approximate surface area is 145 Å². The number of nitrogens with two attached hydrogens (primary N) is 1. The van der Waals surface area contributed by atoms with Crippen LogP contribution >= 0.6 is 0 Å². The predicted molar refractivity (Wildman–Crippen MR) is 95.6 cm³/mol. The lowest BCUT2D eigenvalue weighted by molar-refractivity contribution is -0.134. The summed E-state index contributed by atoms with van der Waals surface area (Å²) in [5.74, 6) is 0.254. The maximum atomic E-state index is 12.4. The molecule has 0 radical (unpaired) electrons. The van der Waals surface area contributed by atoms with Gasteiger partial charge in [-0.05, 0) is 31.6 Å². The van der Waals surface area contributed by atoms with Crippen LogP contribution in [0.5, 0.6) is 0 Å². The molecule has 0 aromatic heterocycles. The van der Waals surface area contributed by atoms with Crippen LogP contribution in [-0.2, 0) is 4.79 Å². The summed E-state index contributed by atoms with van der Waals surface area (Å²) < 4.78 is 0. The molecule has 2 atom stereocenters. The fourth-order valence-corrected chi connectivity index (χ4v) is 3.61. The molecule has 0 aromatic rings. The number of hydrogen-bond acceptors (Lipinski definition) is 3. The monoisotopic (exact) mass is 338 g/mol. The van der Waals surface area contributed by atoms with E-state index < -0.39 is 6.04 Å². The molecule has 2 aliphatic rings. The van der Waals surface area contributed by atoms with Crippen molar-refractivity contribution in [1.29, 1.82) is 0 Å². The zero-order chi connectivity index (χ0) is 17.5. The lowest BCUT2D eigenvalue weighted by Gasteiger charge is -2.35. The van der Waals surface area contributed by atoms with Gasteiger partial charge in [-0.15, -0.1) is 0 Å². The minimum atomic E-state index is -0.408.